The molecule has 4 rings (SSSR count). The molecule has 0 atom stereocenters. The molecule has 0 N–H and O–H groups in total. The predicted molar refractivity (Wildman–Crippen MR) is 121 cm³/mol. The average Bonchev–Trinajstić information content (AvgIpc) is 2.77. The number of hydrogen-bond donors (Lipinski definition) is 0. The van der Waals surface area contributed by atoms with Crippen LogP contribution in [0.4, 0.5) is 5.69 Å². The van der Waals surface area contributed by atoms with Crippen molar-refractivity contribution in [1.82, 2.24) is 19.7 Å². The van der Waals surface area contributed by atoms with Gasteiger partial charge in [-0.15, -0.1) is 0 Å². The highest BCUT2D eigenvalue weighted by Crippen LogP contribution is 2.21. The standard InChI is InChI=1S/C23H28ClN5O2/c24-20-5-1-6-21(14-20)28-12-10-26(11-13-28)8-3-9-29-22(30)17-27(18-23(29)31)16-19-4-2-7-25-15-19/h1-2,4-7,14-15H,3,8-13,16-18H2. The zero-order valence-electron chi connectivity index (χ0n) is 17.6. The first-order valence-corrected chi connectivity index (χ1v) is 11.1. The van der Waals surface area contributed by atoms with Crippen LogP contribution in [0.1, 0.15) is 12.0 Å². The Bertz CT molecular complexity index is 884. The lowest BCUT2D eigenvalue weighted by molar-refractivity contribution is -0.151. The largest absolute Gasteiger partial charge is 0.369 e. The molecule has 2 amide bonds. The van der Waals surface area contributed by atoms with Crippen LogP contribution < -0.4 is 4.90 Å². The van der Waals surface area contributed by atoms with Crippen molar-refractivity contribution in [2.24, 2.45) is 0 Å². The summed E-state index contributed by atoms with van der Waals surface area (Å²) in [4.78, 5) is 37.2. The fourth-order valence-electron chi connectivity index (χ4n) is 4.21. The molecule has 7 nitrogen and oxygen atoms in total. The van der Waals surface area contributed by atoms with Crippen LogP contribution in [0.3, 0.4) is 0 Å². The highest BCUT2D eigenvalue weighted by atomic mass is 35.5. The number of aromatic nitrogens is 1. The van der Waals surface area contributed by atoms with Gasteiger partial charge in [0.15, 0.2) is 0 Å². The summed E-state index contributed by atoms with van der Waals surface area (Å²) in [6, 6.07) is 11.8. The maximum atomic E-state index is 12.5. The van der Waals surface area contributed by atoms with Crippen molar-refractivity contribution >= 4 is 29.1 Å². The fourth-order valence-corrected chi connectivity index (χ4v) is 4.40. The molecule has 2 aromatic rings. The fraction of sp³-hybridized carbons (Fsp3) is 0.435. The van der Waals surface area contributed by atoms with E-state index < -0.39 is 0 Å². The molecular weight excluding hydrogens is 414 g/mol. The molecule has 3 heterocycles. The van der Waals surface area contributed by atoms with Crippen LogP contribution in [0.5, 0.6) is 0 Å². The summed E-state index contributed by atoms with van der Waals surface area (Å²) in [7, 11) is 0. The van der Waals surface area contributed by atoms with Crippen LogP contribution in [0, 0.1) is 0 Å². The zero-order valence-corrected chi connectivity index (χ0v) is 18.4. The van der Waals surface area contributed by atoms with E-state index in [2.05, 4.69) is 20.9 Å². The van der Waals surface area contributed by atoms with Gasteiger partial charge < -0.3 is 4.90 Å². The van der Waals surface area contributed by atoms with Gasteiger partial charge in [0.25, 0.3) is 0 Å². The molecule has 0 bridgehead atoms. The van der Waals surface area contributed by atoms with Crippen molar-refractivity contribution in [3.63, 3.8) is 0 Å². The molecule has 0 saturated carbocycles. The Hall–Kier alpha value is -2.48. The monoisotopic (exact) mass is 441 g/mol. The number of nitrogens with zero attached hydrogens (tertiary/aromatic N) is 5. The zero-order chi connectivity index (χ0) is 21.6. The molecule has 2 aliphatic rings. The molecular formula is C23H28ClN5O2. The van der Waals surface area contributed by atoms with Gasteiger partial charge in [0.2, 0.25) is 11.8 Å². The van der Waals surface area contributed by atoms with Crippen LogP contribution in [-0.4, -0.2) is 83.9 Å². The number of hydrogen-bond acceptors (Lipinski definition) is 6. The van der Waals surface area contributed by atoms with Crippen molar-refractivity contribution in [1.29, 1.82) is 0 Å². The highest BCUT2D eigenvalue weighted by Gasteiger charge is 2.30. The Labute approximate surface area is 188 Å². The first kappa shape index (κ1) is 21.7. The molecule has 8 heteroatoms. The van der Waals surface area contributed by atoms with Crippen LogP contribution in [0.25, 0.3) is 0 Å². The Morgan fingerprint density at radius 1 is 0.903 bits per heavy atom. The van der Waals surface area contributed by atoms with Crippen LogP contribution in [0.2, 0.25) is 5.02 Å². The van der Waals surface area contributed by atoms with E-state index in [0.29, 0.717) is 13.1 Å². The van der Waals surface area contributed by atoms with Gasteiger partial charge in [-0.25, -0.2) is 0 Å². The first-order chi connectivity index (χ1) is 15.1. The van der Waals surface area contributed by atoms with E-state index in [-0.39, 0.29) is 24.9 Å². The van der Waals surface area contributed by atoms with Gasteiger partial charge in [-0.05, 0) is 42.8 Å². The Morgan fingerprint density at radius 3 is 2.35 bits per heavy atom. The summed E-state index contributed by atoms with van der Waals surface area (Å²) in [6.07, 6.45) is 4.29. The number of rotatable bonds is 7. The van der Waals surface area contributed by atoms with Crippen LogP contribution in [-0.2, 0) is 16.1 Å². The third-order valence-electron chi connectivity index (χ3n) is 5.85. The summed E-state index contributed by atoms with van der Waals surface area (Å²) >= 11 is 6.11. The van der Waals surface area contributed by atoms with E-state index in [1.54, 1.807) is 12.4 Å². The minimum absolute atomic E-state index is 0.106. The minimum atomic E-state index is -0.106. The SMILES string of the molecule is O=C1CN(Cc2cccnc2)CC(=O)N1CCCN1CCN(c2cccc(Cl)c2)CC1. The van der Waals surface area contributed by atoms with Crippen molar-refractivity contribution in [3.8, 4) is 0 Å². The lowest BCUT2D eigenvalue weighted by atomic mass is 10.2. The van der Waals surface area contributed by atoms with E-state index in [4.69, 9.17) is 11.6 Å². The Morgan fingerprint density at radius 2 is 1.68 bits per heavy atom. The number of anilines is 1. The Kier molecular flexibility index (Phi) is 7.17. The summed E-state index contributed by atoms with van der Waals surface area (Å²) < 4.78 is 0. The summed E-state index contributed by atoms with van der Waals surface area (Å²) in [5.74, 6) is -0.211. The van der Waals surface area contributed by atoms with E-state index in [9.17, 15) is 9.59 Å². The van der Waals surface area contributed by atoms with Gasteiger partial charge in [-0.2, -0.15) is 0 Å². The lowest BCUT2D eigenvalue weighted by Crippen LogP contribution is -2.54. The molecule has 0 unspecified atom stereocenters. The van der Waals surface area contributed by atoms with E-state index in [1.165, 1.54) is 4.90 Å². The van der Waals surface area contributed by atoms with Gasteiger partial charge in [-0.1, -0.05) is 23.7 Å². The number of amides is 2. The molecule has 2 aliphatic heterocycles. The van der Waals surface area contributed by atoms with Gasteiger partial charge in [0.1, 0.15) is 0 Å². The molecule has 2 fully saturated rings. The smallest absolute Gasteiger partial charge is 0.243 e. The van der Waals surface area contributed by atoms with Gasteiger partial charge in [0, 0.05) is 62.4 Å². The normalized spacial score (nSPS) is 18.6. The predicted octanol–water partition coefficient (Wildman–Crippen LogP) is 2.12. The third-order valence-corrected chi connectivity index (χ3v) is 6.09. The quantitative estimate of drug-likeness (QED) is 0.613. The second-order valence-corrected chi connectivity index (χ2v) is 8.54. The minimum Gasteiger partial charge on any atom is -0.369 e. The topological polar surface area (TPSA) is 60.0 Å². The molecule has 31 heavy (non-hydrogen) atoms. The van der Waals surface area contributed by atoms with Crippen LogP contribution in [0.15, 0.2) is 48.8 Å². The van der Waals surface area contributed by atoms with Crippen molar-refractivity contribution < 1.29 is 9.59 Å². The molecule has 1 aromatic carbocycles. The summed E-state index contributed by atoms with van der Waals surface area (Å²) in [5.41, 5.74) is 2.17. The molecule has 0 spiro atoms. The number of benzene rings is 1. The number of halogens is 1. The van der Waals surface area contributed by atoms with Crippen molar-refractivity contribution in [2.45, 2.75) is 13.0 Å². The highest BCUT2D eigenvalue weighted by molar-refractivity contribution is 6.30. The first-order valence-electron chi connectivity index (χ1n) is 10.8. The number of piperazine rings is 2. The molecule has 1 aromatic heterocycles. The number of pyridine rings is 1. The maximum absolute atomic E-state index is 12.5. The molecule has 0 radical (unpaired) electrons. The average molecular weight is 442 g/mol. The number of imide groups is 1. The number of carbonyl (C=O) groups is 2. The maximum Gasteiger partial charge on any atom is 0.243 e. The van der Waals surface area contributed by atoms with E-state index in [1.807, 2.05) is 35.2 Å². The van der Waals surface area contributed by atoms with Gasteiger partial charge in [-0.3, -0.25) is 29.3 Å². The second-order valence-electron chi connectivity index (χ2n) is 8.11. The summed E-state index contributed by atoms with van der Waals surface area (Å²) in [5, 5.41) is 0.759. The molecule has 0 aliphatic carbocycles. The Balaban J connectivity index is 1.19. The second kappa shape index (κ2) is 10.2. The lowest BCUT2D eigenvalue weighted by Gasteiger charge is -2.37. The van der Waals surface area contributed by atoms with E-state index >= 15 is 0 Å². The van der Waals surface area contributed by atoms with Crippen molar-refractivity contribution in [3.05, 3.63) is 59.4 Å². The van der Waals surface area contributed by atoms with E-state index in [0.717, 1.165) is 55.4 Å². The summed E-state index contributed by atoms with van der Waals surface area (Å²) in [6.45, 7) is 6.33. The number of carbonyl (C=O) groups excluding carboxylic acids is 2. The molecule has 2 saturated heterocycles. The van der Waals surface area contributed by atoms with Gasteiger partial charge in [0.05, 0.1) is 13.1 Å². The van der Waals surface area contributed by atoms with Gasteiger partial charge >= 0.3 is 0 Å². The van der Waals surface area contributed by atoms with Crippen LogP contribution >= 0.6 is 11.6 Å². The van der Waals surface area contributed by atoms with Crippen molar-refractivity contribution in [2.75, 3.05) is 57.3 Å². The third kappa shape index (κ3) is 5.81. The molecule has 164 valence electrons.